The standard InChI is InChI=1S/C13H12ClFN2O/c14-9-1-2-10(11(15)6-9)13(18)5-8-7-17-4-3-12(8)16/h1-4,6-7,13,18H,5H2,(H2,16,17). The van der Waals surface area contributed by atoms with E-state index in [0.29, 0.717) is 16.3 Å². The van der Waals surface area contributed by atoms with Crippen LogP contribution in [0.15, 0.2) is 36.7 Å². The van der Waals surface area contributed by atoms with Crippen LogP contribution < -0.4 is 5.73 Å². The van der Waals surface area contributed by atoms with E-state index in [1.54, 1.807) is 18.5 Å². The fourth-order valence-electron chi connectivity index (χ4n) is 1.70. The second-order valence-electron chi connectivity index (χ2n) is 3.96. The lowest BCUT2D eigenvalue weighted by atomic mass is 10.0. The number of halogens is 2. The average molecular weight is 267 g/mol. The minimum Gasteiger partial charge on any atom is -0.398 e. The quantitative estimate of drug-likeness (QED) is 0.898. The van der Waals surface area contributed by atoms with Crippen LogP contribution in [0.2, 0.25) is 5.02 Å². The molecular weight excluding hydrogens is 255 g/mol. The molecule has 18 heavy (non-hydrogen) atoms. The summed E-state index contributed by atoms with van der Waals surface area (Å²) in [5.74, 6) is -0.530. The largest absolute Gasteiger partial charge is 0.398 e. The van der Waals surface area contributed by atoms with Crippen LogP contribution in [0.4, 0.5) is 10.1 Å². The predicted molar refractivity (Wildman–Crippen MR) is 68.7 cm³/mol. The van der Waals surface area contributed by atoms with E-state index in [9.17, 15) is 9.50 Å². The van der Waals surface area contributed by atoms with Crippen molar-refractivity contribution >= 4 is 17.3 Å². The third kappa shape index (κ3) is 2.78. The number of pyridine rings is 1. The Bertz CT molecular complexity index is 562. The number of nitrogens with zero attached hydrogens (tertiary/aromatic N) is 1. The summed E-state index contributed by atoms with van der Waals surface area (Å²) in [6, 6.07) is 5.82. The molecule has 2 rings (SSSR count). The first kappa shape index (κ1) is 12.8. The highest BCUT2D eigenvalue weighted by atomic mass is 35.5. The summed E-state index contributed by atoms with van der Waals surface area (Å²) >= 11 is 5.66. The molecule has 3 nitrogen and oxygen atoms in total. The second-order valence-corrected chi connectivity index (χ2v) is 4.40. The molecule has 94 valence electrons. The molecular formula is C13H12ClFN2O. The summed E-state index contributed by atoms with van der Waals surface area (Å²) < 4.78 is 13.6. The van der Waals surface area contributed by atoms with Crippen molar-refractivity contribution in [2.45, 2.75) is 12.5 Å². The van der Waals surface area contributed by atoms with E-state index in [1.807, 2.05) is 0 Å². The van der Waals surface area contributed by atoms with Gasteiger partial charge in [0.1, 0.15) is 5.82 Å². The molecule has 0 bridgehead atoms. The number of anilines is 1. The summed E-state index contributed by atoms with van der Waals surface area (Å²) in [5.41, 5.74) is 7.15. The Hall–Kier alpha value is -1.65. The normalized spacial score (nSPS) is 12.4. The molecule has 0 saturated heterocycles. The van der Waals surface area contributed by atoms with Crippen molar-refractivity contribution in [1.29, 1.82) is 0 Å². The Labute approximate surface area is 109 Å². The molecule has 1 unspecified atom stereocenters. The Morgan fingerprint density at radius 3 is 2.83 bits per heavy atom. The van der Waals surface area contributed by atoms with Gasteiger partial charge in [0.15, 0.2) is 0 Å². The highest BCUT2D eigenvalue weighted by Crippen LogP contribution is 2.25. The molecule has 1 heterocycles. The molecule has 0 aliphatic carbocycles. The van der Waals surface area contributed by atoms with Gasteiger partial charge in [0.05, 0.1) is 6.10 Å². The van der Waals surface area contributed by atoms with Crippen LogP contribution in [-0.2, 0) is 6.42 Å². The van der Waals surface area contributed by atoms with Gasteiger partial charge in [0, 0.05) is 35.1 Å². The van der Waals surface area contributed by atoms with Crippen LogP contribution in [0, 0.1) is 5.82 Å². The van der Waals surface area contributed by atoms with Crippen molar-refractivity contribution in [3.05, 3.63) is 58.6 Å². The number of rotatable bonds is 3. The molecule has 0 amide bonds. The molecule has 0 aliphatic rings. The Balaban J connectivity index is 2.22. The van der Waals surface area contributed by atoms with Crippen LogP contribution >= 0.6 is 11.6 Å². The van der Waals surface area contributed by atoms with Gasteiger partial charge in [-0.2, -0.15) is 0 Å². The lowest BCUT2D eigenvalue weighted by molar-refractivity contribution is 0.173. The molecule has 1 atom stereocenters. The molecule has 5 heteroatoms. The first-order valence-electron chi connectivity index (χ1n) is 5.39. The zero-order chi connectivity index (χ0) is 13.1. The van der Waals surface area contributed by atoms with Gasteiger partial charge in [-0.1, -0.05) is 17.7 Å². The zero-order valence-corrected chi connectivity index (χ0v) is 10.2. The van der Waals surface area contributed by atoms with Gasteiger partial charge in [-0.15, -0.1) is 0 Å². The summed E-state index contributed by atoms with van der Waals surface area (Å²) in [5, 5.41) is 10.3. The van der Waals surface area contributed by atoms with E-state index in [4.69, 9.17) is 17.3 Å². The third-order valence-corrected chi connectivity index (χ3v) is 2.91. The second kappa shape index (κ2) is 5.33. The number of aliphatic hydroxyl groups excluding tert-OH is 1. The zero-order valence-electron chi connectivity index (χ0n) is 9.48. The van der Waals surface area contributed by atoms with Gasteiger partial charge < -0.3 is 10.8 Å². The maximum atomic E-state index is 13.6. The minimum absolute atomic E-state index is 0.197. The van der Waals surface area contributed by atoms with Gasteiger partial charge >= 0.3 is 0 Å². The molecule has 1 aromatic carbocycles. The van der Waals surface area contributed by atoms with E-state index in [-0.39, 0.29) is 12.0 Å². The number of hydrogen-bond donors (Lipinski definition) is 2. The van der Waals surface area contributed by atoms with Crippen molar-refractivity contribution < 1.29 is 9.50 Å². The van der Waals surface area contributed by atoms with Gasteiger partial charge in [-0.05, 0) is 23.8 Å². The number of benzene rings is 1. The highest BCUT2D eigenvalue weighted by Gasteiger charge is 2.15. The average Bonchev–Trinajstić information content (AvgIpc) is 2.32. The maximum absolute atomic E-state index is 13.6. The van der Waals surface area contributed by atoms with E-state index >= 15 is 0 Å². The van der Waals surface area contributed by atoms with Crippen molar-refractivity contribution in [3.63, 3.8) is 0 Å². The summed E-state index contributed by atoms with van der Waals surface area (Å²) in [7, 11) is 0. The van der Waals surface area contributed by atoms with E-state index < -0.39 is 11.9 Å². The van der Waals surface area contributed by atoms with Crippen molar-refractivity contribution in [2.75, 3.05) is 5.73 Å². The maximum Gasteiger partial charge on any atom is 0.130 e. The third-order valence-electron chi connectivity index (χ3n) is 2.68. The summed E-state index contributed by atoms with van der Waals surface area (Å²) in [6.45, 7) is 0. The van der Waals surface area contributed by atoms with Gasteiger partial charge in [-0.3, -0.25) is 4.98 Å². The summed E-state index contributed by atoms with van der Waals surface area (Å²) in [4.78, 5) is 3.92. The molecule has 0 spiro atoms. The van der Waals surface area contributed by atoms with Crippen LogP contribution in [0.5, 0.6) is 0 Å². The number of nitrogens with two attached hydrogens (primary N) is 1. The fraction of sp³-hybridized carbons (Fsp3) is 0.154. The lowest BCUT2D eigenvalue weighted by Gasteiger charge is -2.13. The molecule has 0 radical (unpaired) electrons. The van der Waals surface area contributed by atoms with Gasteiger partial charge in [0.2, 0.25) is 0 Å². The lowest BCUT2D eigenvalue weighted by Crippen LogP contribution is -2.06. The molecule has 2 aromatic rings. The van der Waals surface area contributed by atoms with Crippen molar-refractivity contribution in [3.8, 4) is 0 Å². The molecule has 0 fully saturated rings. The summed E-state index contributed by atoms with van der Waals surface area (Å²) in [6.07, 6.45) is 2.35. The Morgan fingerprint density at radius 1 is 1.39 bits per heavy atom. The first-order valence-corrected chi connectivity index (χ1v) is 5.77. The molecule has 3 N–H and O–H groups in total. The van der Waals surface area contributed by atoms with Crippen molar-refractivity contribution in [2.24, 2.45) is 0 Å². The Morgan fingerprint density at radius 2 is 2.17 bits per heavy atom. The van der Waals surface area contributed by atoms with Crippen LogP contribution in [0.1, 0.15) is 17.2 Å². The van der Waals surface area contributed by atoms with Crippen LogP contribution in [0.3, 0.4) is 0 Å². The number of hydrogen-bond acceptors (Lipinski definition) is 3. The molecule has 0 saturated carbocycles. The van der Waals surface area contributed by atoms with Crippen LogP contribution in [0.25, 0.3) is 0 Å². The number of aromatic nitrogens is 1. The minimum atomic E-state index is -0.978. The van der Waals surface area contributed by atoms with Gasteiger partial charge in [-0.25, -0.2) is 4.39 Å². The SMILES string of the molecule is Nc1ccncc1CC(O)c1ccc(Cl)cc1F. The van der Waals surface area contributed by atoms with Crippen LogP contribution in [-0.4, -0.2) is 10.1 Å². The number of nitrogen functional groups attached to an aromatic ring is 1. The first-order chi connectivity index (χ1) is 8.58. The fourth-order valence-corrected chi connectivity index (χ4v) is 1.86. The number of aliphatic hydroxyl groups is 1. The van der Waals surface area contributed by atoms with E-state index in [1.165, 1.54) is 18.2 Å². The molecule has 1 aromatic heterocycles. The highest BCUT2D eigenvalue weighted by molar-refractivity contribution is 6.30. The van der Waals surface area contributed by atoms with Gasteiger partial charge in [0.25, 0.3) is 0 Å². The van der Waals surface area contributed by atoms with E-state index in [2.05, 4.69) is 4.98 Å². The van der Waals surface area contributed by atoms with Crippen molar-refractivity contribution in [1.82, 2.24) is 4.98 Å². The topological polar surface area (TPSA) is 59.1 Å². The predicted octanol–water partition coefficient (Wildman–Crippen LogP) is 2.73. The monoisotopic (exact) mass is 266 g/mol. The van der Waals surface area contributed by atoms with E-state index in [0.717, 1.165) is 0 Å². The smallest absolute Gasteiger partial charge is 0.130 e. The Kier molecular flexibility index (Phi) is 3.79. The molecule has 0 aliphatic heterocycles.